The predicted molar refractivity (Wildman–Crippen MR) is 124 cm³/mol. The number of phenols is 4. The Morgan fingerprint density at radius 2 is 1.12 bits per heavy atom. The third kappa shape index (κ3) is 3.07. The third-order valence-corrected chi connectivity index (χ3v) is 6.88. The van der Waals surface area contributed by atoms with E-state index in [9.17, 15) is 25.5 Å². The topological polar surface area (TPSA) is 110 Å². The molecule has 5 N–H and O–H groups in total. The van der Waals surface area contributed by atoms with Gasteiger partial charge in [-0.2, -0.15) is 0 Å². The van der Waals surface area contributed by atoms with Gasteiger partial charge in [-0.3, -0.25) is 0 Å². The molecule has 0 saturated carbocycles. The summed E-state index contributed by atoms with van der Waals surface area (Å²) in [5, 5.41) is 52.2. The maximum Gasteiger partial charge on any atom is 0.135 e. The van der Waals surface area contributed by atoms with E-state index < -0.39 is 18.1 Å². The maximum absolute atomic E-state index is 11.7. The van der Waals surface area contributed by atoms with Gasteiger partial charge >= 0.3 is 0 Å². The van der Waals surface area contributed by atoms with Gasteiger partial charge in [0, 0.05) is 17.5 Å². The number of hydrogen-bond acceptors (Lipinski definition) is 6. The first-order valence-corrected chi connectivity index (χ1v) is 11.0. The molecule has 4 aromatic rings. The molecule has 34 heavy (non-hydrogen) atoms. The van der Waals surface area contributed by atoms with Crippen molar-refractivity contribution >= 4 is 0 Å². The summed E-state index contributed by atoms with van der Waals surface area (Å²) in [7, 11) is 0. The van der Waals surface area contributed by atoms with Crippen molar-refractivity contribution in [3.63, 3.8) is 0 Å². The van der Waals surface area contributed by atoms with Crippen molar-refractivity contribution < 1.29 is 30.3 Å². The minimum atomic E-state index is -1.01. The van der Waals surface area contributed by atoms with E-state index in [0.29, 0.717) is 11.3 Å². The van der Waals surface area contributed by atoms with Crippen LogP contribution in [-0.4, -0.2) is 25.5 Å². The first kappa shape index (κ1) is 20.4. The Morgan fingerprint density at radius 3 is 1.79 bits per heavy atom. The molecule has 4 atom stereocenters. The number of phenolic OH excluding ortho intramolecular Hbond substituents is 4. The van der Waals surface area contributed by atoms with Crippen LogP contribution >= 0.6 is 0 Å². The van der Waals surface area contributed by atoms with Crippen molar-refractivity contribution in [2.45, 2.75) is 24.0 Å². The fraction of sp³-hybridized carbons (Fsp3) is 0.143. The lowest BCUT2D eigenvalue weighted by Gasteiger charge is -2.26. The van der Waals surface area contributed by atoms with Crippen molar-refractivity contribution in [2.75, 3.05) is 0 Å². The van der Waals surface area contributed by atoms with E-state index in [1.165, 1.54) is 0 Å². The average molecular weight is 454 g/mol. The van der Waals surface area contributed by atoms with E-state index in [1.54, 1.807) is 72.8 Å². The quantitative estimate of drug-likeness (QED) is 0.293. The lowest BCUT2D eigenvalue weighted by atomic mass is 9.80. The van der Waals surface area contributed by atoms with Crippen molar-refractivity contribution in [1.29, 1.82) is 0 Å². The molecule has 0 amide bonds. The molecule has 2 aliphatic rings. The fourth-order valence-corrected chi connectivity index (χ4v) is 5.42. The summed E-state index contributed by atoms with van der Waals surface area (Å²) in [6.45, 7) is 0. The highest BCUT2D eigenvalue weighted by atomic mass is 16.5. The Morgan fingerprint density at radius 1 is 0.529 bits per heavy atom. The van der Waals surface area contributed by atoms with E-state index in [-0.39, 0.29) is 28.9 Å². The molecule has 0 saturated heterocycles. The van der Waals surface area contributed by atoms with Crippen LogP contribution < -0.4 is 4.74 Å². The molecule has 0 bridgehead atoms. The first-order valence-electron chi connectivity index (χ1n) is 11.0. The van der Waals surface area contributed by atoms with E-state index in [4.69, 9.17) is 4.74 Å². The molecule has 0 spiro atoms. The molecule has 0 unspecified atom stereocenters. The molecule has 0 radical (unpaired) electrons. The predicted octanol–water partition coefficient (Wildman–Crippen LogP) is 4.95. The van der Waals surface area contributed by atoms with Crippen LogP contribution in [0.5, 0.6) is 28.7 Å². The summed E-state index contributed by atoms with van der Waals surface area (Å²) >= 11 is 0. The Balaban J connectivity index is 1.64. The summed E-state index contributed by atoms with van der Waals surface area (Å²) in [4.78, 5) is 0. The van der Waals surface area contributed by atoms with E-state index >= 15 is 0 Å². The molecule has 1 aliphatic heterocycles. The number of aliphatic hydroxyl groups excluding tert-OH is 1. The van der Waals surface area contributed by atoms with Gasteiger partial charge < -0.3 is 30.3 Å². The third-order valence-electron chi connectivity index (χ3n) is 6.88. The summed E-state index contributed by atoms with van der Waals surface area (Å²) in [5.41, 5.74) is 4.54. The zero-order valence-corrected chi connectivity index (χ0v) is 18.0. The smallest absolute Gasteiger partial charge is 0.135 e. The van der Waals surface area contributed by atoms with Gasteiger partial charge in [0.25, 0.3) is 0 Å². The van der Waals surface area contributed by atoms with E-state index in [1.807, 2.05) is 6.07 Å². The average Bonchev–Trinajstić information content (AvgIpc) is 3.15. The van der Waals surface area contributed by atoms with Crippen LogP contribution in [0.3, 0.4) is 0 Å². The van der Waals surface area contributed by atoms with Gasteiger partial charge in [0.05, 0.1) is 12.0 Å². The van der Waals surface area contributed by atoms with Crippen molar-refractivity contribution in [3.8, 4) is 28.7 Å². The number of hydrogen-bond donors (Lipinski definition) is 5. The Labute approximate surface area is 195 Å². The number of ether oxygens (including phenoxy) is 1. The minimum absolute atomic E-state index is 0.0174. The molecule has 6 rings (SSSR count). The highest BCUT2D eigenvalue weighted by Gasteiger charge is 2.46. The van der Waals surface area contributed by atoms with Gasteiger partial charge in [0.1, 0.15) is 34.9 Å². The molecule has 170 valence electrons. The molecule has 6 heteroatoms. The number of benzene rings is 4. The van der Waals surface area contributed by atoms with Crippen LogP contribution in [-0.2, 0) is 0 Å². The fourth-order valence-electron chi connectivity index (χ4n) is 5.42. The summed E-state index contributed by atoms with van der Waals surface area (Å²) in [6, 6.07) is 21.7. The number of fused-ring (bicyclic) bond motifs is 2. The second-order valence-electron chi connectivity index (χ2n) is 8.88. The number of aliphatic hydroxyl groups is 1. The molecule has 1 aliphatic carbocycles. The minimum Gasteiger partial charge on any atom is -0.508 e. The molecule has 4 aromatic carbocycles. The maximum atomic E-state index is 11.7. The van der Waals surface area contributed by atoms with Gasteiger partial charge in [-0.1, -0.05) is 30.3 Å². The first-order chi connectivity index (χ1) is 16.4. The zero-order valence-electron chi connectivity index (χ0n) is 18.0. The SMILES string of the molecule is Oc1ccc([C@H]2c3ccc(O)cc3[C@@H]3c4c(cc(O)cc4[C@H]2O)O[C@H]3c2ccc(O)cc2)cc1. The second-order valence-corrected chi connectivity index (χ2v) is 8.88. The number of aromatic hydroxyl groups is 4. The lowest BCUT2D eigenvalue weighted by molar-refractivity contribution is 0.158. The van der Waals surface area contributed by atoms with Crippen LogP contribution in [0.4, 0.5) is 0 Å². The van der Waals surface area contributed by atoms with Gasteiger partial charge in [-0.15, -0.1) is 0 Å². The van der Waals surface area contributed by atoms with Crippen LogP contribution in [0.15, 0.2) is 78.9 Å². The molecule has 0 aromatic heterocycles. The van der Waals surface area contributed by atoms with Crippen LogP contribution in [0.25, 0.3) is 0 Å². The molecular formula is C28H22O6. The summed E-state index contributed by atoms with van der Waals surface area (Å²) in [5.74, 6) is -0.0637. The zero-order chi connectivity index (χ0) is 23.6. The van der Waals surface area contributed by atoms with Gasteiger partial charge in [-0.25, -0.2) is 0 Å². The Bertz CT molecular complexity index is 1390. The number of rotatable bonds is 2. The van der Waals surface area contributed by atoms with Gasteiger partial charge in [-0.05, 0) is 70.3 Å². The molecule has 6 nitrogen and oxygen atoms in total. The van der Waals surface area contributed by atoms with Crippen molar-refractivity contribution in [3.05, 3.63) is 112 Å². The summed E-state index contributed by atoms with van der Waals surface area (Å²) in [6.07, 6.45) is -1.51. The Hall–Kier alpha value is -4.16. The largest absolute Gasteiger partial charge is 0.508 e. The Kier molecular flexibility index (Phi) is 4.47. The van der Waals surface area contributed by atoms with E-state index in [2.05, 4.69) is 0 Å². The highest BCUT2D eigenvalue weighted by molar-refractivity contribution is 5.62. The summed E-state index contributed by atoms with van der Waals surface area (Å²) < 4.78 is 6.33. The second kappa shape index (κ2) is 7.43. The molecular weight excluding hydrogens is 432 g/mol. The normalized spacial score (nSPS) is 22.4. The van der Waals surface area contributed by atoms with Crippen LogP contribution in [0, 0.1) is 0 Å². The van der Waals surface area contributed by atoms with Crippen molar-refractivity contribution in [1.82, 2.24) is 0 Å². The standard InChI is InChI=1S/C28H22O6/c29-16-5-1-14(2-6-16)24-20-10-9-18(31)11-21(20)26-25-22(27(24)33)12-19(32)13-23(25)34-28(26)15-3-7-17(30)8-4-15/h1-13,24,26-33H/t24-,26+,27+,28-/m0/s1. The van der Waals surface area contributed by atoms with Crippen LogP contribution in [0.1, 0.15) is 57.4 Å². The molecule has 0 fully saturated rings. The van der Waals surface area contributed by atoms with Gasteiger partial charge in [0.15, 0.2) is 0 Å². The monoisotopic (exact) mass is 454 g/mol. The lowest BCUT2D eigenvalue weighted by Crippen LogP contribution is -2.14. The highest BCUT2D eigenvalue weighted by Crippen LogP contribution is 2.59. The van der Waals surface area contributed by atoms with Crippen molar-refractivity contribution in [2.24, 2.45) is 0 Å². The van der Waals surface area contributed by atoms with Crippen LogP contribution in [0.2, 0.25) is 0 Å². The van der Waals surface area contributed by atoms with E-state index in [0.717, 1.165) is 27.8 Å². The van der Waals surface area contributed by atoms with Gasteiger partial charge in [0.2, 0.25) is 0 Å². The molecule has 1 heterocycles.